The molecule has 3 rings (SSSR count). The van der Waals surface area contributed by atoms with Gasteiger partial charge < -0.3 is 4.74 Å². The number of benzene rings is 1. The molecule has 0 N–H and O–H groups in total. The Hall–Kier alpha value is -0.903. The van der Waals surface area contributed by atoms with E-state index in [2.05, 4.69) is 6.92 Å². The van der Waals surface area contributed by atoms with Gasteiger partial charge in [-0.25, -0.2) is 8.78 Å². The van der Waals surface area contributed by atoms with Crippen LogP contribution in [0.5, 0.6) is 5.75 Å². The van der Waals surface area contributed by atoms with Gasteiger partial charge in [0.1, 0.15) is 0 Å². The van der Waals surface area contributed by atoms with E-state index in [0.717, 1.165) is 43.1 Å². The van der Waals surface area contributed by atoms with Gasteiger partial charge >= 0.3 is 0 Å². The molecule has 1 aromatic rings. The van der Waals surface area contributed by atoms with Gasteiger partial charge in [-0.15, -0.1) is 0 Å². The van der Waals surface area contributed by atoms with Gasteiger partial charge in [0.15, 0.2) is 17.4 Å². The van der Waals surface area contributed by atoms with Gasteiger partial charge in [-0.1, -0.05) is 57.7 Å². The average Bonchev–Trinajstić information content (AvgIpc) is 2.72. The van der Waals surface area contributed by atoms with Crippen molar-refractivity contribution in [2.45, 2.75) is 109 Å². The number of hydrogen-bond donors (Lipinski definition) is 0. The smallest absolute Gasteiger partial charge is 0.191 e. The highest BCUT2D eigenvalue weighted by Crippen LogP contribution is 2.44. The van der Waals surface area contributed by atoms with Crippen molar-refractivity contribution < 1.29 is 13.5 Å². The Morgan fingerprint density at radius 2 is 1.52 bits per heavy atom. The zero-order valence-electron chi connectivity index (χ0n) is 18.7. The first-order valence-electron chi connectivity index (χ1n) is 12.2. The summed E-state index contributed by atoms with van der Waals surface area (Å²) >= 11 is 0. The number of halogens is 2. The lowest BCUT2D eigenvalue weighted by Crippen LogP contribution is -2.28. The molecule has 1 aliphatic carbocycles. The molecule has 29 heavy (non-hydrogen) atoms. The van der Waals surface area contributed by atoms with E-state index in [1.165, 1.54) is 50.3 Å². The van der Waals surface area contributed by atoms with Crippen LogP contribution in [0.25, 0.3) is 0 Å². The third kappa shape index (κ3) is 6.05. The Morgan fingerprint density at radius 3 is 2.07 bits per heavy atom. The standard InChI is InChI=1S/C25H40F2OSi/c1-4-6-18(3)28-25-23(26)16-22(17-24(25)27)20-9-7-19(8-10-20)21-11-14-29(13-5-2)15-12-21/h16-21,29H,4-15H2,1-3H3/t18-,19?,20?,21-,29-/m1/s1. The van der Waals surface area contributed by atoms with E-state index < -0.39 is 20.4 Å². The molecular weight excluding hydrogens is 382 g/mol. The lowest BCUT2D eigenvalue weighted by molar-refractivity contribution is 0.190. The van der Waals surface area contributed by atoms with Gasteiger partial charge in [0.2, 0.25) is 0 Å². The molecule has 1 atom stereocenters. The minimum atomic E-state index is -0.538. The van der Waals surface area contributed by atoms with Crippen molar-refractivity contribution in [3.63, 3.8) is 0 Å². The normalized spacial score (nSPS) is 28.9. The Bertz CT molecular complexity index is 611. The van der Waals surface area contributed by atoms with Gasteiger partial charge in [-0.2, -0.15) is 0 Å². The zero-order valence-corrected chi connectivity index (χ0v) is 19.8. The molecule has 1 saturated carbocycles. The van der Waals surface area contributed by atoms with Crippen molar-refractivity contribution in [2.75, 3.05) is 0 Å². The predicted molar refractivity (Wildman–Crippen MR) is 121 cm³/mol. The van der Waals surface area contributed by atoms with Gasteiger partial charge in [-0.05, 0) is 74.5 Å². The molecule has 2 aliphatic rings. The monoisotopic (exact) mass is 422 g/mol. The summed E-state index contributed by atoms with van der Waals surface area (Å²) in [4.78, 5) is 0. The van der Waals surface area contributed by atoms with E-state index in [-0.39, 0.29) is 11.9 Å². The first-order valence-corrected chi connectivity index (χ1v) is 14.6. The Labute approximate surface area is 178 Å². The summed E-state index contributed by atoms with van der Waals surface area (Å²) < 4.78 is 34.7. The molecule has 1 heterocycles. The number of ether oxygens (including phenoxy) is 1. The second kappa shape index (κ2) is 10.9. The van der Waals surface area contributed by atoms with Crippen LogP contribution < -0.4 is 4.74 Å². The van der Waals surface area contributed by atoms with Gasteiger partial charge in [-0.3, -0.25) is 0 Å². The van der Waals surface area contributed by atoms with Crippen molar-refractivity contribution in [3.8, 4) is 5.75 Å². The fourth-order valence-electron chi connectivity index (χ4n) is 5.87. The van der Waals surface area contributed by atoms with Crippen molar-refractivity contribution in [1.82, 2.24) is 0 Å². The molecule has 1 aromatic carbocycles. The number of hydrogen-bond acceptors (Lipinski definition) is 1. The van der Waals surface area contributed by atoms with Gasteiger partial charge in [0.25, 0.3) is 0 Å². The number of rotatable bonds is 8. The summed E-state index contributed by atoms with van der Waals surface area (Å²) in [5, 5.41) is 0. The van der Waals surface area contributed by atoms with Crippen LogP contribution in [0.15, 0.2) is 12.1 Å². The highest BCUT2D eigenvalue weighted by Gasteiger charge is 2.32. The van der Waals surface area contributed by atoms with Gasteiger partial charge in [0, 0.05) is 8.80 Å². The molecule has 0 radical (unpaired) electrons. The Morgan fingerprint density at radius 1 is 0.931 bits per heavy atom. The summed E-state index contributed by atoms with van der Waals surface area (Å²) in [5.74, 6) is 0.781. The zero-order chi connectivity index (χ0) is 20.8. The van der Waals surface area contributed by atoms with Crippen LogP contribution in [-0.2, 0) is 0 Å². The topological polar surface area (TPSA) is 9.23 Å². The van der Waals surface area contributed by atoms with E-state index in [4.69, 9.17) is 4.74 Å². The maximum Gasteiger partial charge on any atom is 0.191 e. The summed E-state index contributed by atoms with van der Waals surface area (Å²) in [6, 6.07) is 7.69. The first kappa shape index (κ1) is 22.8. The SMILES string of the molecule is CCC[C@@H](C)Oc1c(F)cc(C2CCC([C@H]3CC[Si@H](CCC)CC3)CC2)cc1F. The van der Waals surface area contributed by atoms with Crippen LogP contribution in [0, 0.1) is 23.5 Å². The van der Waals surface area contributed by atoms with E-state index in [9.17, 15) is 8.78 Å². The molecule has 2 fully saturated rings. The van der Waals surface area contributed by atoms with Crippen LogP contribution in [0.2, 0.25) is 18.1 Å². The van der Waals surface area contributed by atoms with Crippen molar-refractivity contribution >= 4 is 8.80 Å². The van der Waals surface area contributed by atoms with Crippen LogP contribution in [-0.4, -0.2) is 14.9 Å². The highest BCUT2D eigenvalue weighted by atomic mass is 28.3. The second-order valence-electron chi connectivity index (χ2n) is 9.71. The molecule has 0 amide bonds. The fraction of sp³-hybridized carbons (Fsp3) is 0.760. The second-order valence-corrected chi connectivity index (χ2v) is 13.2. The third-order valence-corrected chi connectivity index (χ3v) is 11.2. The highest BCUT2D eigenvalue weighted by molar-refractivity contribution is 6.58. The quantitative estimate of drug-likeness (QED) is 0.387. The summed E-state index contributed by atoms with van der Waals surface area (Å²) in [6.07, 6.45) is 10.5. The van der Waals surface area contributed by atoms with Gasteiger partial charge in [0.05, 0.1) is 6.10 Å². The lowest BCUT2D eigenvalue weighted by Gasteiger charge is -2.37. The van der Waals surface area contributed by atoms with E-state index in [1.807, 2.05) is 13.8 Å². The lowest BCUT2D eigenvalue weighted by atomic mass is 9.72. The van der Waals surface area contributed by atoms with E-state index in [0.29, 0.717) is 5.92 Å². The maximum atomic E-state index is 14.6. The van der Waals surface area contributed by atoms with Crippen LogP contribution >= 0.6 is 0 Å². The minimum Gasteiger partial charge on any atom is -0.485 e. The van der Waals surface area contributed by atoms with Crippen molar-refractivity contribution in [3.05, 3.63) is 29.3 Å². The molecular formula is C25H40F2OSi. The first-order chi connectivity index (χ1) is 14.0. The Balaban J connectivity index is 1.54. The molecule has 0 unspecified atom stereocenters. The largest absolute Gasteiger partial charge is 0.485 e. The molecule has 0 aromatic heterocycles. The molecule has 1 nitrogen and oxygen atoms in total. The minimum absolute atomic E-state index is 0.166. The molecule has 164 valence electrons. The molecule has 0 spiro atoms. The summed E-state index contributed by atoms with van der Waals surface area (Å²) in [7, 11) is -0.407. The molecule has 0 bridgehead atoms. The fourth-order valence-corrected chi connectivity index (χ4v) is 9.36. The van der Waals surface area contributed by atoms with E-state index >= 15 is 0 Å². The Kier molecular flexibility index (Phi) is 8.58. The van der Waals surface area contributed by atoms with Crippen molar-refractivity contribution in [2.24, 2.45) is 11.8 Å². The molecule has 4 heteroatoms. The maximum absolute atomic E-state index is 14.6. The van der Waals surface area contributed by atoms with Crippen LogP contribution in [0.1, 0.15) is 90.0 Å². The van der Waals surface area contributed by atoms with Crippen LogP contribution in [0.3, 0.4) is 0 Å². The predicted octanol–water partition coefficient (Wildman–Crippen LogP) is 7.85. The average molecular weight is 423 g/mol. The van der Waals surface area contributed by atoms with E-state index in [1.54, 1.807) is 12.1 Å². The van der Waals surface area contributed by atoms with Crippen LogP contribution in [0.4, 0.5) is 8.78 Å². The summed E-state index contributed by atoms with van der Waals surface area (Å²) in [6.45, 7) is 6.25. The summed E-state index contributed by atoms with van der Waals surface area (Å²) in [5.41, 5.74) is 0.827. The van der Waals surface area contributed by atoms with Crippen molar-refractivity contribution in [1.29, 1.82) is 0 Å². The molecule has 1 aliphatic heterocycles. The third-order valence-electron chi connectivity index (χ3n) is 7.53. The molecule has 1 saturated heterocycles.